The Morgan fingerprint density at radius 2 is 1.95 bits per heavy atom. The first-order valence-electron chi connectivity index (χ1n) is 7.34. The molecule has 1 heterocycles. The molecule has 0 saturated heterocycles. The lowest BCUT2D eigenvalue weighted by Gasteiger charge is -2.19. The maximum Gasteiger partial charge on any atom is 0.339 e. The largest absolute Gasteiger partial charge is 0.478 e. The van der Waals surface area contributed by atoms with E-state index in [0.29, 0.717) is 11.6 Å². The molecular weight excluding hydrogens is 278 g/mol. The van der Waals surface area contributed by atoms with E-state index in [-0.39, 0.29) is 11.5 Å². The molecule has 22 heavy (non-hydrogen) atoms. The summed E-state index contributed by atoms with van der Waals surface area (Å²) in [5, 5.41) is 9.20. The van der Waals surface area contributed by atoms with Gasteiger partial charge in [-0.05, 0) is 17.9 Å². The summed E-state index contributed by atoms with van der Waals surface area (Å²) < 4.78 is 0. The van der Waals surface area contributed by atoms with E-state index in [1.54, 1.807) is 0 Å². The van der Waals surface area contributed by atoms with Crippen molar-refractivity contribution in [3.05, 3.63) is 53.3 Å². The molecule has 2 aromatic rings. The smallest absolute Gasteiger partial charge is 0.339 e. The van der Waals surface area contributed by atoms with Crippen LogP contribution in [0.25, 0.3) is 0 Å². The molecule has 0 radical (unpaired) electrons. The third kappa shape index (κ3) is 3.81. The molecule has 0 saturated carbocycles. The van der Waals surface area contributed by atoms with Crippen molar-refractivity contribution in [2.24, 2.45) is 0 Å². The van der Waals surface area contributed by atoms with Crippen molar-refractivity contribution in [2.75, 3.05) is 18.5 Å². The topological polar surface area (TPSA) is 66.3 Å². The number of carboxylic acid groups (broad SMARTS) is 1. The quantitative estimate of drug-likeness (QED) is 0.888. The molecule has 5 heteroatoms. The minimum Gasteiger partial charge on any atom is -0.478 e. The summed E-state index contributed by atoms with van der Waals surface area (Å²) in [6, 6.07) is 10.2. The van der Waals surface area contributed by atoms with Crippen LogP contribution in [0.2, 0.25) is 0 Å². The average molecular weight is 299 g/mol. The van der Waals surface area contributed by atoms with Crippen LogP contribution in [0.3, 0.4) is 0 Å². The van der Waals surface area contributed by atoms with Gasteiger partial charge < -0.3 is 10.0 Å². The standard InChI is InChI=1S/C17H21N3O2/c1-12(2)15-14(16(21)22)11-18-17(19-15)20(3)10-9-13-7-5-4-6-8-13/h4-8,11-12H,9-10H2,1-3H3,(H,21,22). The molecule has 0 bridgehead atoms. The zero-order chi connectivity index (χ0) is 16.1. The minimum absolute atomic E-state index is 0.0374. The van der Waals surface area contributed by atoms with Gasteiger partial charge in [0, 0.05) is 19.8 Å². The summed E-state index contributed by atoms with van der Waals surface area (Å²) in [6.45, 7) is 4.64. The summed E-state index contributed by atoms with van der Waals surface area (Å²) in [6.07, 6.45) is 2.29. The van der Waals surface area contributed by atoms with Gasteiger partial charge in [0.05, 0.1) is 11.3 Å². The third-order valence-corrected chi connectivity index (χ3v) is 3.50. The van der Waals surface area contributed by atoms with Gasteiger partial charge in [-0.3, -0.25) is 0 Å². The number of nitrogens with zero attached hydrogens (tertiary/aromatic N) is 3. The Morgan fingerprint density at radius 3 is 2.55 bits per heavy atom. The molecule has 5 nitrogen and oxygen atoms in total. The van der Waals surface area contributed by atoms with Crippen LogP contribution in [0.4, 0.5) is 5.95 Å². The van der Waals surface area contributed by atoms with Gasteiger partial charge in [0.1, 0.15) is 0 Å². The van der Waals surface area contributed by atoms with Gasteiger partial charge in [0.2, 0.25) is 5.95 Å². The lowest BCUT2D eigenvalue weighted by molar-refractivity contribution is 0.0694. The summed E-state index contributed by atoms with van der Waals surface area (Å²) in [5.74, 6) is -0.387. The number of rotatable bonds is 6. The van der Waals surface area contributed by atoms with Crippen LogP contribution in [-0.2, 0) is 6.42 Å². The van der Waals surface area contributed by atoms with E-state index in [4.69, 9.17) is 0 Å². The van der Waals surface area contributed by atoms with E-state index in [1.165, 1.54) is 11.8 Å². The fraction of sp³-hybridized carbons (Fsp3) is 0.353. The Morgan fingerprint density at radius 1 is 1.27 bits per heavy atom. The van der Waals surface area contributed by atoms with Crippen molar-refractivity contribution in [2.45, 2.75) is 26.2 Å². The monoisotopic (exact) mass is 299 g/mol. The van der Waals surface area contributed by atoms with E-state index in [1.807, 2.05) is 44.0 Å². The van der Waals surface area contributed by atoms with Gasteiger partial charge >= 0.3 is 5.97 Å². The second-order valence-electron chi connectivity index (χ2n) is 5.59. The van der Waals surface area contributed by atoms with Gasteiger partial charge in [0.15, 0.2) is 0 Å². The highest BCUT2D eigenvalue weighted by Gasteiger charge is 2.17. The van der Waals surface area contributed by atoms with E-state index in [0.717, 1.165) is 13.0 Å². The van der Waals surface area contributed by atoms with Crippen molar-refractivity contribution < 1.29 is 9.90 Å². The number of aromatic nitrogens is 2. The molecule has 0 fully saturated rings. The Balaban J connectivity index is 2.14. The molecule has 0 aliphatic carbocycles. The molecule has 0 aliphatic rings. The number of aromatic carboxylic acids is 1. The van der Waals surface area contributed by atoms with E-state index >= 15 is 0 Å². The normalized spacial score (nSPS) is 10.7. The van der Waals surface area contributed by atoms with E-state index in [2.05, 4.69) is 22.1 Å². The second-order valence-corrected chi connectivity index (χ2v) is 5.59. The predicted molar refractivity (Wildman–Crippen MR) is 86.5 cm³/mol. The van der Waals surface area contributed by atoms with Crippen LogP contribution in [0.15, 0.2) is 36.5 Å². The van der Waals surface area contributed by atoms with Crippen molar-refractivity contribution in [1.29, 1.82) is 0 Å². The second kappa shape index (κ2) is 7.02. The van der Waals surface area contributed by atoms with Crippen molar-refractivity contribution >= 4 is 11.9 Å². The van der Waals surface area contributed by atoms with Gasteiger partial charge in [-0.25, -0.2) is 14.8 Å². The minimum atomic E-state index is -0.984. The molecule has 1 aromatic heterocycles. The number of benzene rings is 1. The molecule has 0 aliphatic heterocycles. The fourth-order valence-electron chi connectivity index (χ4n) is 2.22. The third-order valence-electron chi connectivity index (χ3n) is 3.50. The number of carboxylic acids is 1. The first-order valence-corrected chi connectivity index (χ1v) is 7.34. The highest BCUT2D eigenvalue weighted by Crippen LogP contribution is 2.19. The molecule has 0 atom stereocenters. The van der Waals surface area contributed by atoms with E-state index < -0.39 is 5.97 Å². The molecule has 1 aromatic carbocycles. The maximum absolute atomic E-state index is 11.2. The van der Waals surface area contributed by atoms with Crippen molar-refractivity contribution in [1.82, 2.24) is 9.97 Å². The van der Waals surface area contributed by atoms with Crippen LogP contribution in [0.5, 0.6) is 0 Å². The lowest BCUT2D eigenvalue weighted by Crippen LogP contribution is -2.24. The molecule has 1 N–H and O–H groups in total. The average Bonchev–Trinajstić information content (AvgIpc) is 2.52. The Bertz CT molecular complexity index is 642. The van der Waals surface area contributed by atoms with Crippen molar-refractivity contribution in [3.63, 3.8) is 0 Å². The van der Waals surface area contributed by atoms with Gasteiger partial charge in [-0.15, -0.1) is 0 Å². The Labute approximate surface area is 130 Å². The number of hydrogen-bond donors (Lipinski definition) is 1. The first kappa shape index (κ1) is 15.9. The number of anilines is 1. The summed E-state index contributed by atoms with van der Waals surface area (Å²) >= 11 is 0. The SMILES string of the molecule is CC(C)c1nc(N(C)CCc2ccccc2)ncc1C(=O)O. The maximum atomic E-state index is 11.2. The molecule has 0 amide bonds. The molecule has 2 rings (SSSR count). The van der Waals surface area contributed by atoms with Crippen LogP contribution >= 0.6 is 0 Å². The Hall–Kier alpha value is -2.43. The summed E-state index contributed by atoms with van der Waals surface area (Å²) in [5.41, 5.74) is 2.00. The zero-order valence-corrected chi connectivity index (χ0v) is 13.2. The fourth-order valence-corrected chi connectivity index (χ4v) is 2.22. The molecule has 0 spiro atoms. The number of carbonyl (C=O) groups is 1. The Kier molecular flexibility index (Phi) is 5.09. The van der Waals surface area contributed by atoms with Gasteiger partial charge in [0.25, 0.3) is 0 Å². The molecule has 116 valence electrons. The zero-order valence-electron chi connectivity index (χ0n) is 13.2. The van der Waals surface area contributed by atoms with Gasteiger partial charge in [-0.2, -0.15) is 0 Å². The van der Waals surface area contributed by atoms with Crippen LogP contribution in [0, 0.1) is 0 Å². The first-order chi connectivity index (χ1) is 10.5. The van der Waals surface area contributed by atoms with E-state index in [9.17, 15) is 9.90 Å². The van der Waals surface area contributed by atoms with Crippen LogP contribution in [0.1, 0.15) is 41.4 Å². The van der Waals surface area contributed by atoms with Crippen LogP contribution in [-0.4, -0.2) is 34.6 Å². The molecular formula is C17H21N3O2. The highest BCUT2D eigenvalue weighted by atomic mass is 16.4. The summed E-state index contributed by atoms with van der Waals surface area (Å²) in [7, 11) is 1.92. The van der Waals surface area contributed by atoms with Crippen molar-refractivity contribution in [3.8, 4) is 0 Å². The molecule has 0 unspecified atom stereocenters. The van der Waals surface area contributed by atoms with Gasteiger partial charge in [-0.1, -0.05) is 44.2 Å². The lowest BCUT2D eigenvalue weighted by atomic mass is 10.1. The predicted octanol–water partition coefficient (Wildman–Crippen LogP) is 2.98. The number of likely N-dealkylation sites (N-methyl/N-ethyl adjacent to an activating group) is 1. The van der Waals surface area contributed by atoms with Crippen LogP contribution < -0.4 is 4.90 Å². The summed E-state index contributed by atoms with van der Waals surface area (Å²) in [4.78, 5) is 21.8. The number of hydrogen-bond acceptors (Lipinski definition) is 4. The highest BCUT2D eigenvalue weighted by molar-refractivity contribution is 5.88.